The van der Waals surface area contributed by atoms with Crippen LogP contribution in [0.1, 0.15) is 12.5 Å². The van der Waals surface area contributed by atoms with E-state index >= 15 is 0 Å². The second-order valence-electron chi connectivity index (χ2n) is 6.10. The molecule has 0 radical (unpaired) electrons. The fourth-order valence-corrected chi connectivity index (χ4v) is 2.59. The van der Waals surface area contributed by atoms with Gasteiger partial charge >= 0.3 is 0 Å². The minimum Gasteiger partial charge on any atom is -0.392 e. The van der Waals surface area contributed by atoms with Crippen molar-refractivity contribution >= 4 is 23.1 Å². The molecule has 0 spiro atoms. The van der Waals surface area contributed by atoms with Crippen molar-refractivity contribution in [1.29, 1.82) is 0 Å². The lowest BCUT2D eigenvalue weighted by atomic mass is 10.1. The summed E-state index contributed by atoms with van der Waals surface area (Å²) < 4.78 is 0. The summed E-state index contributed by atoms with van der Waals surface area (Å²) in [5, 5.41) is 16.6. The van der Waals surface area contributed by atoms with E-state index in [1.54, 1.807) is 19.3 Å². The van der Waals surface area contributed by atoms with Crippen LogP contribution in [0.4, 0.5) is 11.5 Å². The van der Waals surface area contributed by atoms with Crippen LogP contribution in [0.15, 0.2) is 61.1 Å². The molecule has 0 aliphatic heterocycles. The van der Waals surface area contributed by atoms with Gasteiger partial charge in [0.1, 0.15) is 5.82 Å². The highest BCUT2D eigenvalue weighted by atomic mass is 35.5. The van der Waals surface area contributed by atoms with Crippen LogP contribution < -0.4 is 10.6 Å². The third-order valence-corrected chi connectivity index (χ3v) is 4.07. The van der Waals surface area contributed by atoms with Crippen molar-refractivity contribution in [3.8, 4) is 11.1 Å². The number of nitrogens with zero attached hydrogens (tertiary/aromatic N) is 2. The summed E-state index contributed by atoms with van der Waals surface area (Å²) in [5.41, 5.74) is 4.09. The lowest BCUT2D eigenvalue weighted by Crippen LogP contribution is -2.15. The van der Waals surface area contributed by atoms with Crippen molar-refractivity contribution in [2.75, 3.05) is 17.2 Å². The molecule has 0 amide bonds. The standard InChI is InChI=1S/C20H21ClN4O/c1-14(26)10-25-20-9-16(6-7-23-20)17-8-19(13-22-12-17)24-11-15-2-4-18(21)5-3-15/h2-9,12-14,24,26H,10-11H2,1H3,(H,23,25). The SMILES string of the molecule is CC(O)CNc1cc(-c2cncc(NCc3ccc(Cl)cc3)c2)ccn1. The zero-order valence-corrected chi connectivity index (χ0v) is 15.2. The summed E-state index contributed by atoms with van der Waals surface area (Å²) in [4.78, 5) is 8.60. The van der Waals surface area contributed by atoms with E-state index in [9.17, 15) is 5.11 Å². The van der Waals surface area contributed by atoms with Gasteiger partial charge in [-0.25, -0.2) is 4.98 Å². The third kappa shape index (κ3) is 5.18. The summed E-state index contributed by atoms with van der Waals surface area (Å²) in [6.07, 6.45) is 4.93. The minimum atomic E-state index is -0.428. The largest absolute Gasteiger partial charge is 0.392 e. The van der Waals surface area contributed by atoms with Crippen molar-refractivity contribution in [2.45, 2.75) is 19.6 Å². The predicted molar refractivity (Wildman–Crippen MR) is 106 cm³/mol. The van der Waals surface area contributed by atoms with Gasteiger partial charge in [-0.1, -0.05) is 23.7 Å². The average Bonchev–Trinajstić information content (AvgIpc) is 2.66. The Morgan fingerprint density at radius 2 is 1.85 bits per heavy atom. The van der Waals surface area contributed by atoms with Crippen LogP contribution >= 0.6 is 11.6 Å². The molecule has 134 valence electrons. The highest BCUT2D eigenvalue weighted by molar-refractivity contribution is 6.30. The van der Waals surface area contributed by atoms with E-state index in [0.717, 1.165) is 33.2 Å². The molecule has 2 aromatic heterocycles. The van der Waals surface area contributed by atoms with E-state index in [-0.39, 0.29) is 0 Å². The quantitative estimate of drug-likeness (QED) is 0.583. The highest BCUT2D eigenvalue weighted by Crippen LogP contribution is 2.23. The molecule has 1 aromatic carbocycles. The molecule has 0 saturated carbocycles. The zero-order chi connectivity index (χ0) is 18.4. The van der Waals surface area contributed by atoms with Gasteiger partial charge in [0, 0.05) is 42.3 Å². The van der Waals surface area contributed by atoms with Gasteiger partial charge in [0.05, 0.1) is 11.8 Å². The number of nitrogens with one attached hydrogen (secondary N) is 2. The lowest BCUT2D eigenvalue weighted by molar-refractivity contribution is 0.208. The number of benzene rings is 1. The Bertz CT molecular complexity index is 852. The third-order valence-electron chi connectivity index (χ3n) is 3.82. The molecule has 1 unspecified atom stereocenters. The maximum atomic E-state index is 9.39. The van der Waals surface area contributed by atoms with Gasteiger partial charge in [0.15, 0.2) is 0 Å². The lowest BCUT2D eigenvalue weighted by Gasteiger charge is -2.10. The summed E-state index contributed by atoms with van der Waals surface area (Å²) in [6, 6.07) is 13.7. The molecule has 3 N–H and O–H groups in total. The molecule has 3 aromatic rings. The van der Waals surface area contributed by atoms with Crippen molar-refractivity contribution in [3.63, 3.8) is 0 Å². The fourth-order valence-electron chi connectivity index (χ4n) is 2.46. The van der Waals surface area contributed by atoms with Crippen LogP contribution in [0.2, 0.25) is 5.02 Å². The summed E-state index contributed by atoms with van der Waals surface area (Å²) >= 11 is 5.92. The second-order valence-corrected chi connectivity index (χ2v) is 6.54. The van der Waals surface area contributed by atoms with Crippen molar-refractivity contribution < 1.29 is 5.11 Å². The van der Waals surface area contributed by atoms with E-state index in [4.69, 9.17) is 11.6 Å². The molecule has 0 saturated heterocycles. The zero-order valence-electron chi connectivity index (χ0n) is 14.5. The van der Waals surface area contributed by atoms with Gasteiger partial charge in [-0.15, -0.1) is 0 Å². The van der Waals surface area contributed by atoms with Crippen LogP contribution in [0.3, 0.4) is 0 Å². The van der Waals surface area contributed by atoms with Crippen LogP contribution in [0, 0.1) is 0 Å². The molecule has 26 heavy (non-hydrogen) atoms. The number of halogens is 1. The Hall–Kier alpha value is -2.63. The molecule has 6 heteroatoms. The predicted octanol–water partition coefficient (Wildman–Crippen LogP) is 4.20. The molecular formula is C20H21ClN4O. The molecule has 1 atom stereocenters. The molecule has 5 nitrogen and oxygen atoms in total. The van der Waals surface area contributed by atoms with Gasteiger partial charge in [-0.2, -0.15) is 0 Å². The van der Waals surface area contributed by atoms with Crippen LogP contribution in [0.25, 0.3) is 11.1 Å². The molecule has 2 heterocycles. The van der Waals surface area contributed by atoms with Gasteiger partial charge < -0.3 is 15.7 Å². The fraction of sp³-hybridized carbons (Fsp3) is 0.200. The van der Waals surface area contributed by atoms with E-state index in [1.165, 1.54) is 0 Å². The number of aromatic nitrogens is 2. The van der Waals surface area contributed by atoms with Crippen molar-refractivity contribution in [1.82, 2.24) is 9.97 Å². The number of aliphatic hydroxyl groups excluding tert-OH is 1. The smallest absolute Gasteiger partial charge is 0.126 e. The Labute approximate surface area is 158 Å². The molecule has 0 aliphatic rings. The maximum Gasteiger partial charge on any atom is 0.126 e. The van der Waals surface area contributed by atoms with E-state index in [0.29, 0.717) is 13.1 Å². The van der Waals surface area contributed by atoms with Crippen LogP contribution in [0.5, 0.6) is 0 Å². The molecule has 0 fully saturated rings. The van der Waals surface area contributed by atoms with Gasteiger partial charge in [-0.3, -0.25) is 4.98 Å². The monoisotopic (exact) mass is 368 g/mol. The normalized spacial score (nSPS) is 11.8. The summed E-state index contributed by atoms with van der Waals surface area (Å²) in [7, 11) is 0. The molecule has 3 rings (SSSR count). The Morgan fingerprint density at radius 3 is 2.62 bits per heavy atom. The Morgan fingerprint density at radius 1 is 1.04 bits per heavy atom. The first kappa shape index (κ1) is 18.2. The van der Waals surface area contributed by atoms with Crippen LogP contribution in [-0.2, 0) is 6.54 Å². The number of aliphatic hydroxyl groups is 1. The van der Waals surface area contributed by atoms with E-state index < -0.39 is 6.10 Å². The number of pyridine rings is 2. The Kier molecular flexibility index (Phi) is 6.04. The van der Waals surface area contributed by atoms with Crippen molar-refractivity contribution in [3.05, 3.63) is 71.6 Å². The summed E-state index contributed by atoms with van der Waals surface area (Å²) in [6.45, 7) is 2.88. The number of hydrogen-bond donors (Lipinski definition) is 3. The first-order valence-corrected chi connectivity index (χ1v) is 8.80. The van der Waals surface area contributed by atoms with Gasteiger partial charge in [-0.05, 0) is 48.4 Å². The highest BCUT2D eigenvalue weighted by Gasteiger charge is 2.04. The number of anilines is 2. The minimum absolute atomic E-state index is 0.428. The van der Waals surface area contributed by atoms with Crippen molar-refractivity contribution in [2.24, 2.45) is 0 Å². The van der Waals surface area contributed by atoms with E-state index in [1.807, 2.05) is 42.6 Å². The second kappa shape index (κ2) is 8.65. The van der Waals surface area contributed by atoms with Gasteiger partial charge in [0.2, 0.25) is 0 Å². The molecule has 0 aliphatic carbocycles. The Balaban J connectivity index is 1.70. The maximum absolute atomic E-state index is 9.39. The number of rotatable bonds is 7. The molecule has 0 bridgehead atoms. The first-order chi connectivity index (χ1) is 12.6. The topological polar surface area (TPSA) is 70.1 Å². The van der Waals surface area contributed by atoms with E-state index in [2.05, 4.69) is 26.7 Å². The van der Waals surface area contributed by atoms with Crippen LogP contribution in [-0.4, -0.2) is 27.7 Å². The summed E-state index contributed by atoms with van der Waals surface area (Å²) in [5.74, 6) is 0.725. The average molecular weight is 369 g/mol. The first-order valence-electron chi connectivity index (χ1n) is 8.42. The van der Waals surface area contributed by atoms with Gasteiger partial charge in [0.25, 0.3) is 0 Å². The molecular weight excluding hydrogens is 348 g/mol. The number of hydrogen-bond acceptors (Lipinski definition) is 5.